The average Bonchev–Trinajstić information content (AvgIpc) is 3.04. The van der Waals surface area contributed by atoms with Gasteiger partial charge in [-0.25, -0.2) is 0 Å². The fourth-order valence-electron chi connectivity index (χ4n) is 3.34. The van der Waals surface area contributed by atoms with Gasteiger partial charge >= 0.3 is 0 Å². The van der Waals surface area contributed by atoms with E-state index in [2.05, 4.69) is 35.9 Å². The summed E-state index contributed by atoms with van der Waals surface area (Å²) in [6.45, 7) is 5.77. The van der Waals surface area contributed by atoms with Gasteiger partial charge in [-0.05, 0) is 68.5 Å². The second-order valence-corrected chi connectivity index (χ2v) is 6.74. The van der Waals surface area contributed by atoms with Crippen molar-refractivity contribution in [1.29, 1.82) is 0 Å². The maximum Gasteiger partial charge on any atom is 0.298 e. The second kappa shape index (κ2) is 6.75. The summed E-state index contributed by atoms with van der Waals surface area (Å²) in [6.07, 6.45) is 6.94. The predicted molar refractivity (Wildman–Crippen MR) is 98.2 cm³/mol. The third-order valence-electron chi connectivity index (χ3n) is 4.94. The minimum Gasteiger partial charge on any atom is -0.490 e. The van der Waals surface area contributed by atoms with Gasteiger partial charge in [-0.15, -0.1) is 0 Å². The van der Waals surface area contributed by atoms with Crippen molar-refractivity contribution in [2.24, 2.45) is 0 Å². The number of oxazole rings is 1. The van der Waals surface area contributed by atoms with Crippen molar-refractivity contribution in [3.63, 3.8) is 0 Å². The maximum absolute atomic E-state index is 6.07. The van der Waals surface area contributed by atoms with Crippen molar-refractivity contribution in [2.75, 3.05) is 18.1 Å². The Hall–Kier alpha value is -2.56. The van der Waals surface area contributed by atoms with Gasteiger partial charge in [-0.3, -0.25) is 4.98 Å². The number of fused-ring (bicyclic) bond motifs is 1. The van der Waals surface area contributed by atoms with E-state index in [1.54, 1.807) is 12.4 Å². The Labute approximate surface area is 147 Å². The fraction of sp³-hybridized carbons (Fsp3) is 0.400. The van der Waals surface area contributed by atoms with E-state index in [9.17, 15) is 0 Å². The number of benzene rings is 1. The summed E-state index contributed by atoms with van der Waals surface area (Å²) < 4.78 is 12.0. The van der Waals surface area contributed by atoms with Gasteiger partial charge in [-0.1, -0.05) is 0 Å². The molecule has 3 aromatic rings. The molecule has 1 aliphatic rings. The first-order valence-corrected chi connectivity index (χ1v) is 8.88. The zero-order valence-corrected chi connectivity index (χ0v) is 14.7. The topological polar surface area (TPSA) is 51.4 Å². The van der Waals surface area contributed by atoms with E-state index >= 15 is 0 Å². The molecule has 0 unspecified atom stereocenters. The molecule has 3 heterocycles. The summed E-state index contributed by atoms with van der Waals surface area (Å²) in [6, 6.07) is 8.98. The number of piperidine rings is 1. The van der Waals surface area contributed by atoms with Crippen molar-refractivity contribution < 1.29 is 9.15 Å². The van der Waals surface area contributed by atoms with Gasteiger partial charge in [0.25, 0.3) is 6.01 Å². The van der Waals surface area contributed by atoms with Gasteiger partial charge in [0, 0.05) is 12.7 Å². The number of hydrogen-bond donors (Lipinski definition) is 0. The van der Waals surface area contributed by atoms with Gasteiger partial charge in [0.05, 0.1) is 12.2 Å². The SMILES string of the molecule is Cc1cc2nc(N3CCCC[C@H]3COc3cccnc3)oc2cc1C. The Kier molecular flexibility index (Phi) is 4.30. The lowest BCUT2D eigenvalue weighted by atomic mass is 10.0. The summed E-state index contributed by atoms with van der Waals surface area (Å²) in [4.78, 5) is 11.1. The van der Waals surface area contributed by atoms with Gasteiger partial charge in [-0.2, -0.15) is 4.98 Å². The van der Waals surface area contributed by atoms with E-state index in [1.165, 1.54) is 17.5 Å². The number of aromatic nitrogens is 2. The number of pyridine rings is 1. The van der Waals surface area contributed by atoms with Gasteiger partial charge < -0.3 is 14.1 Å². The molecule has 1 aromatic carbocycles. The minimum atomic E-state index is 0.268. The normalized spacial score (nSPS) is 17.8. The van der Waals surface area contributed by atoms with Crippen LogP contribution in [0.2, 0.25) is 0 Å². The first kappa shape index (κ1) is 15.9. The van der Waals surface area contributed by atoms with Crippen molar-refractivity contribution in [3.05, 3.63) is 47.8 Å². The molecule has 1 atom stereocenters. The van der Waals surface area contributed by atoms with Crippen molar-refractivity contribution >= 4 is 17.1 Å². The molecular weight excluding hydrogens is 314 g/mol. The number of ether oxygens (including phenoxy) is 1. The maximum atomic E-state index is 6.07. The molecule has 0 radical (unpaired) electrons. The summed E-state index contributed by atoms with van der Waals surface area (Å²) in [5.41, 5.74) is 4.25. The summed E-state index contributed by atoms with van der Waals surface area (Å²) in [5, 5.41) is 0. The van der Waals surface area contributed by atoms with E-state index < -0.39 is 0 Å². The van der Waals surface area contributed by atoms with Gasteiger partial charge in [0.15, 0.2) is 5.58 Å². The number of anilines is 1. The molecule has 1 aliphatic heterocycles. The van der Waals surface area contributed by atoms with E-state index in [-0.39, 0.29) is 6.04 Å². The third kappa shape index (κ3) is 3.31. The van der Waals surface area contributed by atoms with Gasteiger partial charge in [0.1, 0.15) is 17.9 Å². The Morgan fingerprint density at radius 3 is 2.96 bits per heavy atom. The quantitative estimate of drug-likeness (QED) is 0.711. The number of hydrogen-bond acceptors (Lipinski definition) is 5. The molecule has 0 spiro atoms. The number of nitrogens with zero attached hydrogens (tertiary/aromatic N) is 3. The van der Waals surface area contributed by atoms with Crippen LogP contribution in [0.5, 0.6) is 5.75 Å². The van der Waals surface area contributed by atoms with E-state index in [0.717, 1.165) is 36.2 Å². The van der Waals surface area contributed by atoms with Crippen LogP contribution in [0.25, 0.3) is 11.1 Å². The van der Waals surface area contributed by atoms with Crippen LogP contribution in [0.4, 0.5) is 6.01 Å². The van der Waals surface area contributed by atoms with E-state index in [4.69, 9.17) is 14.1 Å². The molecule has 130 valence electrons. The number of rotatable bonds is 4. The lowest BCUT2D eigenvalue weighted by Gasteiger charge is -2.34. The Morgan fingerprint density at radius 1 is 1.24 bits per heavy atom. The van der Waals surface area contributed by atoms with Crippen LogP contribution in [0.15, 0.2) is 41.1 Å². The first-order chi connectivity index (χ1) is 12.2. The third-order valence-corrected chi connectivity index (χ3v) is 4.94. The van der Waals surface area contributed by atoms with Crippen molar-refractivity contribution in [3.8, 4) is 5.75 Å². The second-order valence-electron chi connectivity index (χ2n) is 6.74. The molecule has 5 nitrogen and oxygen atoms in total. The highest BCUT2D eigenvalue weighted by atomic mass is 16.5. The zero-order chi connectivity index (χ0) is 17.2. The van der Waals surface area contributed by atoms with Crippen LogP contribution >= 0.6 is 0 Å². The largest absolute Gasteiger partial charge is 0.490 e. The van der Waals surface area contributed by atoms with E-state index in [0.29, 0.717) is 12.6 Å². The van der Waals surface area contributed by atoms with Crippen molar-refractivity contribution in [1.82, 2.24) is 9.97 Å². The highest BCUT2D eigenvalue weighted by molar-refractivity contribution is 5.76. The van der Waals surface area contributed by atoms with Crippen LogP contribution < -0.4 is 9.64 Å². The molecule has 0 aliphatic carbocycles. The highest BCUT2D eigenvalue weighted by Crippen LogP contribution is 2.29. The molecule has 1 fully saturated rings. The minimum absolute atomic E-state index is 0.268. The summed E-state index contributed by atoms with van der Waals surface area (Å²) in [7, 11) is 0. The molecule has 2 aromatic heterocycles. The molecule has 0 saturated carbocycles. The number of aryl methyl sites for hydroxylation is 2. The fourth-order valence-corrected chi connectivity index (χ4v) is 3.34. The van der Waals surface area contributed by atoms with E-state index in [1.807, 2.05) is 12.1 Å². The van der Waals surface area contributed by atoms with Crippen LogP contribution in [0, 0.1) is 13.8 Å². The molecule has 0 N–H and O–H groups in total. The average molecular weight is 337 g/mol. The van der Waals surface area contributed by atoms with Crippen LogP contribution in [-0.2, 0) is 0 Å². The first-order valence-electron chi connectivity index (χ1n) is 8.88. The lowest BCUT2D eigenvalue weighted by molar-refractivity contribution is 0.254. The van der Waals surface area contributed by atoms with Crippen LogP contribution in [0.3, 0.4) is 0 Å². The van der Waals surface area contributed by atoms with Gasteiger partial charge in [0.2, 0.25) is 0 Å². The zero-order valence-electron chi connectivity index (χ0n) is 14.7. The molecule has 1 saturated heterocycles. The smallest absolute Gasteiger partial charge is 0.298 e. The molecule has 4 rings (SSSR count). The molecule has 25 heavy (non-hydrogen) atoms. The molecule has 0 amide bonds. The highest BCUT2D eigenvalue weighted by Gasteiger charge is 2.27. The van der Waals surface area contributed by atoms with Crippen LogP contribution in [-0.4, -0.2) is 29.2 Å². The molecule has 5 heteroatoms. The van der Waals surface area contributed by atoms with Crippen LogP contribution in [0.1, 0.15) is 30.4 Å². The molecular formula is C20H23N3O2. The Morgan fingerprint density at radius 2 is 2.12 bits per heavy atom. The standard InChI is InChI=1S/C20H23N3O2/c1-14-10-18-19(11-15(14)2)25-20(22-18)23-9-4-3-6-16(23)13-24-17-7-5-8-21-12-17/h5,7-8,10-12,16H,3-4,6,9,13H2,1-2H3/t16-/m0/s1. The lowest BCUT2D eigenvalue weighted by Crippen LogP contribution is -2.43. The molecule has 0 bridgehead atoms. The Bertz CT molecular complexity index is 821. The monoisotopic (exact) mass is 337 g/mol. The Balaban J connectivity index is 1.56. The predicted octanol–water partition coefficient (Wildman–Crippen LogP) is 4.28. The van der Waals surface area contributed by atoms with Crippen molar-refractivity contribution in [2.45, 2.75) is 39.2 Å². The summed E-state index contributed by atoms with van der Waals surface area (Å²) >= 11 is 0. The summed E-state index contributed by atoms with van der Waals surface area (Å²) in [5.74, 6) is 0.803.